The number of nitrogens with zero attached hydrogens (tertiary/aromatic N) is 2. The number of pyridine rings is 1. The van der Waals surface area contributed by atoms with Crippen molar-refractivity contribution in [3.8, 4) is 0 Å². The van der Waals surface area contributed by atoms with E-state index in [-0.39, 0.29) is 17.2 Å². The van der Waals surface area contributed by atoms with Crippen LogP contribution in [0.3, 0.4) is 0 Å². The van der Waals surface area contributed by atoms with Crippen LogP contribution in [0.15, 0.2) is 48.7 Å². The largest absolute Gasteiger partial charge is 0.354 e. The molecule has 1 aliphatic carbocycles. The smallest absolute Gasteiger partial charge is 0.255 e. The van der Waals surface area contributed by atoms with Gasteiger partial charge in [0.15, 0.2) is 0 Å². The Morgan fingerprint density at radius 2 is 1.87 bits per heavy atom. The van der Waals surface area contributed by atoms with Gasteiger partial charge in [0.2, 0.25) is 5.91 Å². The molecule has 2 aromatic rings. The molecule has 2 amide bonds. The highest BCUT2D eigenvalue weighted by molar-refractivity contribution is 8.00. The van der Waals surface area contributed by atoms with E-state index in [0.717, 1.165) is 24.1 Å². The van der Waals surface area contributed by atoms with Crippen molar-refractivity contribution in [1.82, 2.24) is 15.2 Å². The van der Waals surface area contributed by atoms with Crippen LogP contribution in [0.2, 0.25) is 0 Å². The van der Waals surface area contributed by atoms with Crippen molar-refractivity contribution in [2.24, 2.45) is 5.92 Å². The monoisotopic (exact) mass is 437 g/mol. The predicted octanol–water partition coefficient (Wildman–Crippen LogP) is 4.21. The van der Waals surface area contributed by atoms with E-state index in [9.17, 15) is 9.59 Å². The van der Waals surface area contributed by atoms with Crippen molar-refractivity contribution in [1.29, 1.82) is 0 Å². The standard InChI is InChI=1S/C25H31N3O2S/c1-18-9-5-6-13-21(18)24(30)28-22(17-31-25(28)19-10-3-2-4-11-19)23(29)27-16-14-20-12-7-8-15-26-20/h5-9,12-13,15,19,22,25H,2-4,10-11,14,16-17H2,1H3,(H,27,29). The van der Waals surface area contributed by atoms with E-state index in [0.29, 0.717) is 30.2 Å². The highest BCUT2D eigenvalue weighted by Crippen LogP contribution is 2.41. The summed E-state index contributed by atoms with van der Waals surface area (Å²) in [6.45, 7) is 2.49. The van der Waals surface area contributed by atoms with Crippen molar-refractivity contribution in [3.63, 3.8) is 0 Å². The maximum atomic E-state index is 13.7. The van der Waals surface area contributed by atoms with Gasteiger partial charge in [0.1, 0.15) is 6.04 Å². The first-order chi connectivity index (χ1) is 15.1. The number of amides is 2. The molecule has 1 saturated carbocycles. The zero-order chi connectivity index (χ0) is 21.6. The van der Waals surface area contributed by atoms with Crippen LogP contribution in [0, 0.1) is 12.8 Å². The van der Waals surface area contributed by atoms with Crippen LogP contribution >= 0.6 is 11.8 Å². The molecule has 0 bridgehead atoms. The molecular formula is C25H31N3O2S. The zero-order valence-corrected chi connectivity index (χ0v) is 18.9. The Kier molecular flexibility index (Phi) is 7.28. The number of aromatic nitrogens is 1. The average molecular weight is 438 g/mol. The molecule has 164 valence electrons. The van der Waals surface area contributed by atoms with Gasteiger partial charge in [-0.05, 0) is 49.4 Å². The van der Waals surface area contributed by atoms with Gasteiger partial charge in [0.05, 0.1) is 5.37 Å². The lowest BCUT2D eigenvalue weighted by atomic mass is 9.88. The van der Waals surface area contributed by atoms with E-state index >= 15 is 0 Å². The van der Waals surface area contributed by atoms with Gasteiger partial charge in [-0.15, -0.1) is 11.8 Å². The Bertz CT molecular complexity index is 899. The number of carbonyl (C=O) groups excluding carboxylic acids is 2. The predicted molar refractivity (Wildman–Crippen MR) is 125 cm³/mol. The van der Waals surface area contributed by atoms with Gasteiger partial charge < -0.3 is 10.2 Å². The van der Waals surface area contributed by atoms with Gasteiger partial charge in [-0.25, -0.2) is 0 Å². The van der Waals surface area contributed by atoms with E-state index in [2.05, 4.69) is 10.3 Å². The zero-order valence-electron chi connectivity index (χ0n) is 18.1. The number of nitrogens with one attached hydrogen (secondary N) is 1. The molecule has 4 rings (SSSR count). The SMILES string of the molecule is Cc1ccccc1C(=O)N1C(C(=O)NCCc2ccccn2)CSC1C1CCCCC1. The first-order valence-corrected chi connectivity index (χ1v) is 12.4. The Labute approximate surface area is 189 Å². The third-order valence-corrected chi connectivity index (χ3v) is 7.87. The lowest BCUT2D eigenvalue weighted by Gasteiger charge is -2.35. The fraction of sp³-hybridized carbons (Fsp3) is 0.480. The van der Waals surface area contributed by atoms with Crippen LogP contribution < -0.4 is 5.32 Å². The molecule has 1 saturated heterocycles. The van der Waals surface area contributed by atoms with Gasteiger partial charge >= 0.3 is 0 Å². The first-order valence-electron chi connectivity index (χ1n) is 11.3. The van der Waals surface area contributed by atoms with Gasteiger partial charge in [-0.1, -0.05) is 43.5 Å². The summed E-state index contributed by atoms with van der Waals surface area (Å²) in [6, 6.07) is 13.1. The van der Waals surface area contributed by atoms with Gasteiger partial charge in [-0.2, -0.15) is 0 Å². The van der Waals surface area contributed by atoms with Gasteiger partial charge in [0, 0.05) is 36.2 Å². The number of rotatable bonds is 6. The summed E-state index contributed by atoms with van der Waals surface area (Å²) in [4.78, 5) is 33.0. The van der Waals surface area contributed by atoms with Gasteiger partial charge in [0.25, 0.3) is 5.91 Å². The van der Waals surface area contributed by atoms with Crippen LogP contribution in [-0.4, -0.2) is 45.4 Å². The molecule has 2 aliphatic rings. The third kappa shape index (κ3) is 5.12. The van der Waals surface area contributed by atoms with Crippen LogP contribution in [0.1, 0.15) is 53.7 Å². The fourth-order valence-electron chi connectivity index (χ4n) is 4.70. The van der Waals surface area contributed by atoms with Crippen LogP contribution in [0.25, 0.3) is 0 Å². The van der Waals surface area contributed by atoms with Gasteiger partial charge in [-0.3, -0.25) is 14.6 Å². The Balaban J connectivity index is 1.50. The van der Waals surface area contributed by atoms with Crippen molar-refractivity contribution < 1.29 is 9.59 Å². The molecule has 2 unspecified atom stereocenters. The Hall–Kier alpha value is -2.34. The molecule has 1 aromatic carbocycles. The summed E-state index contributed by atoms with van der Waals surface area (Å²) in [6.07, 6.45) is 8.44. The second-order valence-corrected chi connectivity index (χ2v) is 9.68. The summed E-state index contributed by atoms with van der Waals surface area (Å²) >= 11 is 1.78. The topological polar surface area (TPSA) is 62.3 Å². The van der Waals surface area contributed by atoms with Crippen LogP contribution in [-0.2, 0) is 11.2 Å². The number of thioether (sulfide) groups is 1. The minimum Gasteiger partial charge on any atom is -0.354 e. The highest BCUT2D eigenvalue weighted by Gasteiger charge is 2.45. The summed E-state index contributed by atoms with van der Waals surface area (Å²) < 4.78 is 0. The summed E-state index contributed by atoms with van der Waals surface area (Å²) in [5.74, 6) is 1.07. The molecule has 1 aliphatic heterocycles. The number of benzene rings is 1. The maximum Gasteiger partial charge on any atom is 0.255 e. The number of hydrogen-bond acceptors (Lipinski definition) is 4. The number of aryl methyl sites for hydroxylation is 1. The van der Waals surface area contributed by atoms with E-state index in [1.165, 1.54) is 19.3 Å². The van der Waals surface area contributed by atoms with Crippen molar-refractivity contribution >= 4 is 23.6 Å². The Morgan fingerprint density at radius 1 is 1.10 bits per heavy atom. The summed E-state index contributed by atoms with van der Waals surface area (Å²) in [5.41, 5.74) is 2.62. The fourth-order valence-corrected chi connectivity index (χ4v) is 6.34. The molecule has 2 fully saturated rings. The highest BCUT2D eigenvalue weighted by atomic mass is 32.2. The van der Waals surface area contributed by atoms with Crippen molar-refractivity contribution in [2.75, 3.05) is 12.3 Å². The van der Waals surface area contributed by atoms with Crippen LogP contribution in [0.5, 0.6) is 0 Å². The summed E-state index contributed by atoms with van der Waals surface area (Å²) in [5, 5.41) is 3.14. The minimum atomic E-state index is -0.423. The van der Waals surface area contributed by atoms with E-state index in [1.54, 1.807) is 18.0 Å². The molecular weight excluding hydrogens is 406 g/mol. The normalized spacial score (nSPS) is 21.8. The third-order valence-electron chi connectivity index (χ3n) is 6.41. The molecule has 2 atom stereocenters. The molecule has 6 heteroatoms. The lowest BCUT2D eigenvalue weighted by Crippen LogP contribution is -2.51. The number of hydrogen-bond donors (Lipinski definition) is 1. The van der Waals surface area contributed by atoms with Crippen LogP contribution in [0.4, 0.5) is 0 Å². The van der Waals surface area contributed by atoms with E-state index in [4.69, 9.17) is 0 Å². The second kappa shape index (κ2) is 10.3. The summed E-state index contributed by atoms with van der Waals surface area (Å²) in [7, 11) is 0. The van der Waals surface area contributed by atoms with Crippen molar-refractivity contribution in [2.45, 2.75) is 56.9 Å². The molecule has 1 aromatic heterocycles. The first kappa shape index (κ1) is 21.9. The molecule has 5 nitrogen and oxygen atoms in total. The second-order valence-electron chi connectivity index (χ2n) is 8.53. The van der Waals surface area contributed by atoms with Crippen molar-refractivity contribution in [3.05, 3.63) is 65.5 Å². The molecule has 31 heavy (non-hydrogen) atoms. The molecule has 0 radical (unpaired) electrons. The molecule has 1 N–H and O–H groups in total. The minimum absolute atomic E-state index is 0.0106. The average Bonchev–Trinajstić information content (AvgIpc) is 3.25. The van der Waals surface area contributed by atoms with E-state index in [1.807, 2.05) is 54.3 Å². The molecule has 0 spiro atoms. The lowest BCUT2D eigenvalue weighted by molar-refractivity contribution is -0.125. The quantitative estimate of drug-likeness (QED) is 0.735. The maximum absolute atomic E-state index is 13.7. The van der Waals surface area contributed by atoms with E-state index < -0.39 is 6.04 Å². The Morgan fingerprint density at radius 3 is 2.61 bits per heavy atom. The molecule has 2 heterocycles. The number of carbonyl (C=O) groups is 2.